The summed E-state index contributed by atoms with van der Waals surface area (Å²) >= 11 is 0. The molecule has 0 saturated heterocycles. The smallest absolute Gasteiger partial charge is 0.129 e. The molecule has 0 aliphatic heterocycles. The van der Waals surface area contributed by atoms with Crippen molar-refractivity contribution in [3.63, 3.8) is 0 Å². The van der Waals surface area contributed by atoms with Gasteiger partial charge < -0.3 is 5.32 Å². The number of rotatable bonds is 6. The number of nitrogens with zero attached hydrogens (tertiary/aromatic N) is 2. The molecule has 0 saturated carbocycles. The predicted molar refractivity (Wildman–Crippen MR) is 74.3 cm³/mol. The highest BCUT2D eigenvalue weighted by Gasteiger charge is 2.15. The molecule has 3 nitrogen and oxygen atoms in total. The molecule has 20 heavy (non-hydrogen) atoms. The van der Waals surface area contributed by atoms with Crippen LogP contribution in [0.3, 0.4) is 0 Å². The van der Waals surface area contributed by atoms with Gasteiger partial charge in [0.15, 0.2) is 0 Å². The van der Waals surface area contributed by atoms with Gasteiger partial charge >= 0.3 is 0 Å². The molecular formula is C15H19F2N3. The second-order valence-corrected chi connectivity index (χ2v) is 4.89. The Kier molecular flexibility index (Phi) is 4.84. The molecule has 108 valence electrons. The van der Waals surface area contributed by atoms with Crippen LogP contribution < -0.4 is 5.32 Å². The quantitative estimate of drug-likeness (QED) is 0.881. The zero-order valence-electron chi connectivity index (χ0n) is 11.7. The molecule has 2 rings (SSSR count). The molecule has 0 fully saturated rings. The van der Waals surface area contributed by atoms with Crippen molar-refractivity contribution in [2.75, 3.05) is 6.54 Å². The molecule has 1 N–H and O–H groups in total. The third-order valence-electron chi connectivity index (χ3n) is 3.21. The van der Waals surface area contributed by atoms with E-state index in [1.165, 1.54) is 12.1 Å². The lowest BCUT2D eigenvalue weighted by atomic mass is 10.0. The van der Waals surface area contributed by atoms with Gasteiger partial charge in [0.1, 0.15) is 11.6 Å². The van der Waals surface area contributed by atoms with Crippen LogP contribution >= 0.6 is 0 Å². The van der Waals surface area contributed by atoms with Crippen LogP contribution in [-0.2, 0) is 13.5 Å². The molecule has 2 aromatic rings. The normalized spacial score (nSPS) is 12.6. The molecule has 0 aliphatic rings. The summed E-state index contributed by atoms with van der Waals surface area (Å²) in [6.45, 7) is 2.91. The molecule has 1 aromatic heterocycles. The van der Waals surface area contributed by atoms with Crippen molar-refractivity contribution in [1.82, 2.24) is 15.1 Å². The van der Waals surface area contributed by atoms with Crippen molar-refractivity contribution in [3.8, 4) is 0 Å². The number of hydrogen-bond donors (Lipinski definition) is 1. The number of benzene rings is 1. The highest BCUT2D eigenvalue weighted by Crippen LogP contribution is 2.20. The minimum absolute atomic E-state index is 0.0244. The summed E-state index contributed by atoms with van der Waals surface area (Å²) < 4.78 is 28.4. The first-order valence-electron chi connectivity index (χ1n) is 6.76. The zero-order valence-corrected chi connectivity index (χ0v) is 11.7. The molecular weight excluding hydrogens is 260 g/mol. The second-order valence-electron chi connectivity index (χ2n) is 4.89. The summed E-state index contributed by atoms with van der Waals surface area (Å²) in [6, 6.07) is 3.69. The number of halogens is 2. The number of aryl methyl sites for hydroxylation is 1. The van der Waals surface area contributed by atoms with Crippen LogP contribution in [0.1, 0.15) is 30.5 Å². The molecule has 1 atom stereocenters. The molecule has 1 aromatic carbocycles. The van der Waals surface area contributed by atoms with E-state index in [1.54, 1.807) is 10.9 Å². The Morgan fingerprint density at radius 3 is 2.75 bits per heavy atom. The van der Waals surface area contributed by atoms with E-state index in [2.05, 4.69) is 17.3 Å². The molecule has 0 amide bonds. The largest absolute Gasteiger partial charge is 0.310 e. The van der Waals surface area contributed by atoms with E-state index < -0.39 is 11.6 Å². The van der Waals surface area contributed by atoms with Gasteiger partial charge in [-0.1, -0.05) is 13.0 Å². The Morgan fingerprint density at radius 2 is 2.15 bits per heavy atom. The fourth-order valence-electron chi connectivity index (χ4n) is 2.15. The first-order chi connectivity index (χ1) is 9.60. The van der Waals surface area contributed by atoms with E-state index in [0.717, 1.165) is 24.6 Å². The standard InChI is InChI=1S/C15H19F2N3/c1-3-6-18-15(12-9-19-20(2)10-12)7-11-4-5-13(16)8-14(11)17/h4-5,8-10,15,18H,3,6-7H2,1-2H3. The molecule has 0 bridgehead atoms. The summed E-state index contributed by atoms with van der Waals surface area (Å²) in [5, 5.41) is 7.52. The fraction of sp³-hybridized carbons (Fsp3) is 0.400. The molecule has 0 radical (unpaired) electrons. The number of nitrogens with one attached hydrogen (secondary N) is 1. The van der Waals surface area contributed by atoms with E-state index in [0.29, 0.717) is 12.0 Å². The fourth-order valence-corrected chi connectivity index (χ4v) is 2.15. The van der Waals surface area contributed by atoms with E-state index in [4.69, 9.17) is 0 Å². The van der Waals surface area contributed by atoms with Crippen LogP contribution in [0.15, 0.2) is 30.6 Å². The van der Waals surface area contributed by atoms with Gasteiger partial charge in [0, 0.05) is 30.9 Å². The second kappa shape index (κ2) is 6.61. The monoisotopic (exact) mass is 279 g/mol. The first-order valence-corrected chi connectivity index (χ1v) is 6.76. The molecule has 1 unspecified atom stereocenters. The summed E-state index contributed by atoms with van der Waals surface area (Å²) in [4.78, 5) is 0. The highest BCUT2D eigenvalue weighted by atomic mass is 19.1. The summed E-state index contributed by atoms with van der Waals surface area (Å²) in [7, 11) is 1.85. The molecule has 1 heterocycles. The van der Waals surface area contributed by atoms with Crippen molar-refractivity contribution in [1.29, 1.82) is 0 Å². The van der Waals surface area contributed by atoms with Crippen LogP contribution in [0.5, 0.6) is 0 Å². The third-order valence-corrected chi connectivity index (χ3v) is 3.21. The van der Waals surface area contributed by atoms with Gasteiger partial charge in [-0.2, -0.15) is 5.10 Å². The first kappa shape index (κ1) is 14.7. The number of hydrogen-bond acceptors (Lipinski definition) is 2. The number of aromatic nitrogens is 2. The van der Waals surface area contributed by atoms with Gasteiger partial charge in [-0.25, -0.2) is 8.78 Å². The lowest BCUT2D eigenvalue weighted by Gasteiger charge is -2.17. The summed E-state index contributed by atoms with van der Waals surface area (Å²) in [5.41, 5.74) is 1.51. The highest BCUT2D eigenvalue weighted by molar-refractivity contribution is 5.22. The van der Waals surface area contributed by atoms with E-state index in [1.807, 2.05) is 13.2 Å². The van der Waals surface area contributed by atoms with Crippen LogP contribution in [-0.4, -0.2) is 16.3 Å². The maximum absolute atomic E-state index is 13.8. The van der Waals surface area contributed by atoms with Crippen molar-refractivity contribution in [2.45, 2.75) is 25.8 Å². The van der Waals surface area contributed by atoms with Crippen molar-refractivity contribution in [2.24, 2.45) is 7.05 Å². The van der Waals surface area contributed by atoms with Crippen molar-refractivity contribution < 1.29 is 8.78 Å². The van der Waals surface area contributed by atoms with Gasteiger partial charge in [0.05, 0.1) is 6.20 Å². The van der Waals surface area contributed by atoms with Gasteiger partial charge in [-0.3, -0.25) is 4.68 Å². The van der Waals surface area contributed by atoms with Crippen LogP contribution in [0.2, 0.25) is 0 Å². The molecule has 0 spiro atoms. The van der Waals surface area contributed by atoms with Crippen LogP contribution in [0.4, 0.5) is 8.78 Å². The average molecular weight is 279 g/mol. The lowest BCUT2D eigenvalue weighted by Crippen LogP contribution is -2.24. The summed E-state index contributed by atoms with van der Waals surface area (Å²) in [5.74, 6) is -1.05. The Morgan fingerprint density at radius 1 is 1.35 bits per heavy atom. The zero-order chi connectivity index (χ0) is 14.5. The Labute approximate surface area is 117 Å². The molecule has 0 aliphatic carbocycles. The van der Waals surface area contributed by atoms with Crippen LogP contribution in [0, 0.1) is 11.6 Å². The maximum Gasteiger partial charge on any atom is 0.129 e. The third kappa shape index (κ3) is 3.63. The Bertz CT molecular complexity index is 566. The minimum Gasteiger partial charge on any atom is -0.310 e. The Balaban J connectivity index is 2.18. The Hall–Kier alpha value is -1.75. The minimum atomic E-state index is -0.550. The molecule has 5 heteroatoms. The SMILES string of the molecule is CCCNC(Cc1ccc(F)cc1F)c1cnn(C)c1. The van der Waals surface area contributed by atoms with E-state index >= 15 is 0 Å². The topological polar surface area (TPSA) is 29.9 Å². The van der Waals surface area contributed by atoms with Gasteiger partial charge in [0.25, 0.3) is 0 Å². The summed E-state index contributed by atoms with van der Waals surface area (Å²) in [6.07, 6.45) is 5.14. The van der Waals surface area contributed by atoms with Crippen molar-refractivity contribution in [3.05, 3.63) is 53.4 Å². The van der Waals surface area contributed by atoms with Gasteiger partial charge in [0.2, 0.25) is 0 Å². The van der Waals surface area contributed by atoms with Gasteiger partial charge in [-0.15, -0.1) is 0 Å². The lowest BCUT2D eigenvalue weighted by molar-refractivity contribution is 0.508. The van der Waals surface area contributed by atoms with E-state index in [-0.39, 0.29) is 6.04 Å². The van der Waals surface area contributed by atoms with Crippen LogP contribution in [0.25, 0.3) is 0 Å². The predicted octanol–water partition coefficient (Wildman–Crippen LogP) is 2.98. The van der Waals surface area contributed by atoms with Crippen molar-refractivity contribution >= 4 is 0 Å². The average Bonchev–Trinajstić information content (AvgIpc) is 2.83. The van der Waals surface area contributed by atoms with Gasteiger partial charge in [-0.05, 0) is 31.0 Å². The maximum atomic E-state index is 13.8. The van der Waals surface area contributed by atoms with E-state index in [9.17, 15) is 8.78 Å².